The number of hydrogen-bond acceptors (Lipinski definition) is 4. The number of aromatic nitrogens is 2. The molecule has 0 aliphatic heterocycles. The maximum atomic E-state index is 10.6. The van der Waals surface area contributed by atoms with Gasteiger partial charge in [-0.25, -0.2) is 0 Å². The Morgan fingerprint density at radius 1 is 1.37 bits per heavy atom. The van der Waals surface area contributed by atoms with E-state index < -0.39 is 6.10 Å². The molecular formula is C15H16N2O2. The molecule has 2 heterocycles. The molecular weight excluding hydrogens is 240 g/mol. The molecule has 4 heteroatoms. The second-order valence-corrected chi connectivity index (χ2v) is 4.76. The zero-order valence-electron chi connectivity index (χ0n) is 10.8. The molecule has 2 atom stereocenters. The van der Waals surface area contributed by atoms with E-state index in [4.69, 9.17) is 4.74 Å². The Morgan fingerprint density at radius 2 is 2.26 bits per heavy atom. The summed E-state index contributed by atoms with van der Waals surface area (Å²) in [4.78, 5) is 8.44. The number of hydrogen-bond donors (Lipinski definition) is 1. The fourth-order valence-electron chi connectivity index (χ4n) is 2.77. The first kappa shape index (κ1) is 12.1. The monoisotopic (exact) mass is 256 g/mol. The lowest BCUT2D eigenvalue weighted by Gasteiger charge is -2.20. The summed E-state index contributed by atoms with van der Waals surface area (Å²) in [6.07, 6.45) is 6.38. The fourth-order valence-corrected chi connectivity index (χ4v) is 2.77. The number of methoxy groups -OCH3 is 1. The summed E-state index contributed by atoms with van der Waals surface area (Å²) in [6, 6.07) is 5.84. The summed E-state index contributed by atoms with van der Waals surface area (Å²) in [7, 11) is 1.59. The molecule has 0 spiro atoms. The third-order valence-electron chi connectivity index (χ3n) is 3.74. The SMILES string of the molecule is COc1cnccc1C(O)C1CCc2cccnc21. The van der Waals surface area contributed by atoms with Gasteiger partial charge in [0.15, 0.2) is 0 Å². The maximum absolute atomic E-state index is 10.6. The van der Waals surface area contributed by atoms with Crippen LogP contribution < -0.4 is 4.74 Å². The van der Waals surface area contributed by atoms with E-state index in [0.29, 0.717) is 5.75 Å². The van der Waals surface area contributed by atoms with Crippen molar-refractivity contribution in [3.63, 3.8) is 0 Å². The van der Waals surface area contributed by atoms with Crippen LogP contribution in [-0.2, 0) is 6.42 Å². The van der Waals surface area contributed by atoms with Crippen molar-refractivity contribution in [1.82, 2.24) is 9.97 Å². The number of aliphatic hydroxyl groups is 1. The van der Waals surface area contributed by atoms with Gasteiger partial charge in [-0.2, -0.15) is 0 Å². The molecule has 98 valence electrons. The first-order valence-electron chi connectivity index (χ1n) is 6.41. The Balaban J connectivity index is 1.95. The van der Waals surface area contributed by atoms with Crippen molar-refractivity contribution in [1.29, 1.82) is 0 Å². The van der Waals surface area contributed by atoms with E-state index in [0.717, 1.165) is 24.1 Å². The second-order valence-electron chi connectivity index (χ2n) is 4.76. The number of nitrogens with zero attached hydrogens (tertiary/aromatic N) is 2. The molecule has 0 bridgehead atoms. The minimum atomic E-state index is -0.603. The Bertz CT molecular complexity index is 586. The van der Waals surface area contributed by atoms with Crippen LogP contribution in [0.25, 0.3) is 0 Å². The van der Waals surface area contributed by atoms with Gasteiger partial charge in [-0.05, 0) is 30.5 Å². The van der Waals surface area contributed by atoms with E-state index in [1.165, 1.54) is 5.56 Å². The largest absolute Gasteiger partial charge is 0.495 e. The zero-order chi connectivity index (χ0) is 13.2. The average molecular weight is 256 g/mol. The van der Waals surface area contributed by atoms with Crippen LogP contribution in [-0.4, -0.2) is 22.2 Å². The molecule has 3 rings (SSSR count). The third kappa shape index (κ3) is 2.08. The highest BCUT2D eigenvalue weighted by Crippen LogP contribution is 2.42. The van der Waals surface area contributed by atoms with E-state index in [1.54, 1.807) is 25.7 Å². The van der Waals surface area contributed by atoms with Crippen molar-refractivity contribution in [2.75, 3.05) is 7.11 Å². The molecule has 0 saturated heterocycles. The summed E-state index contributed by atoms with van der Waals surface area (Å²) in [6.45, 7) is 0. The standard InChI is InChI=1S/C15H16N2O2/c1-19-13-9-16-8-6-11(13)15(18)12-5-4-10-3-2-7-17-14(10)12/h2-3,6-9,12,15,18H,4-5H2,1H3. The van der Waals surface area contributed by atoms with Crippen molar-refractivity contribution < 1.29 is 9.84 Å². The van der Waals surface area contributed by atoms with Crippen LogP contribution in [0, 0.1) is 0 Å². The predicted molar refractivity (Wildman–Crippen MR) is 71.0 cm³/mol. The normalized spacial score (nSPS) is 18.9. The van der Waals surface area contributed by atoms with Gasteiger partial charge < -0.3 is 9.84 Å². The molecule has 19 heavy (non-hydrogen) atoms. The molecule has 1 aliphatic carbocycles. The van der Waals surface area contributed by atoms with Crippen molar-refractivity contribution >= 4 is 0 Å². The highest BCUT2D eigenvalue weighted by Gasteiger charge is 2.32. The number of pyridine rings is 2. The number of ether oxygens (including phenoxy) is 1. The highest BCUT2D eigenvalue weighted by molar-refractivity contribution is 5.37. The molecule has 1 aliphatic rings. The number of aryl methyl sites for hydroxylation is 1. The van der Waals surface area contributed by atoms with Crippen LogP contribution >= 0.6 is 0 Å². The maximum Gasteiger partial charge on any atom is 0.142 e. The van der Waals surface area contributed by atoms with Gasteiger partial charge in [-0.15, -0.1) is 0 Å². The van der Waals surface area contributed by atoms with Crippen molar-refractivity contribution in [3.05, 3.63) is 53.6 Å². The Hall–Kier alpha value is -1.94. The second kappa shape index (κ2) is 4.97. The summed E-state index contributed by atoms with van der Waals surface area (Å²) >= 11 is 0. The molecule has 0 fully saturated rings. The lowest BCUT2D eigenvalue weighted by atomic mass is 9.93. The van der Waals surface area contributed by atoms with Crippen LogP contribution in [0.5, 0.6) is 5.75 Å². The lowest BCUT2D eigenvalue weighted by molar-refractivity contribution is 0.139. The summed E-state index contributed by atoms with van der Waals surface area (Å²) in [5.74, 6) is 0.659. The van der Waals surface area contributed by atoms with Crippen LogP contribution in [0.1, 0.15) is 35.3 Å². The third-order valence-corrected chi connectivity index (χ3v) is 3.74. The highest BCUT2D eigenvalue weighted by atomic mass is 16.5. The quantitative estimate of drug-likeness (QED) is 0.915. The molecule has 2 aromatic rings. The number of fused-ring (bicyclic) bond motifs is 1. The number of aliphatic hydroxyl groups excluding tert-OH is 1. The Morgan fingerprint density at radius 3 is 3.11 bits per heavy atom. The lowest BCUT2D eigenvalue weighted by Crippen LogP contribution is -2.10. The minimum absolute atomic E-state index is 0.0347. The average Bonchev–Trinajstić information content (AvgIpc) is 2.90. The molecule has 2 unspecified atom stereocenters. The smallest absolute Gasteiger partial charge is 0.142 e. The van der Waals surface area contributed by atoms with Crippen LogP contribution in [0.3, 0.4) is 0 Å². The Labute approximate surface area is 112 Å². The van der Waals surface area contributed by atoms with E-state index in [1.807, 2.05) is 12.1 Å². The zero-order valence-corrected chi connectivity index (χ0v) is 10.8. The molecule has 4 nitrogen and oxygen atoms in total. The van der Waals surface area contributed by atoms with E-state index >= 15 is 0 Å². The molecule has 2 aromatic heterocycles. The summed E-state index contributed by atoms with van der Waals surface area (Å²) in [5.41, 5.74) is 3.02. The first-order valence-corrected chi connectivity index (χ1v) is 6.41. The summed E-state index contributed by atoms with van der Waals surface area (Å²) < 4.78 is 5.27. The molecule has 0 amide bonds. The van der Waals surface area contributed by atoms with Crippen LogP contribution in [0.4, 0.5) is 0 Å². The van der Waals surface area contributed by atoms with Crippen molar-refractivity contribution in [2.45, 2.75) is 24.9 Å². The molecule has 0 radical (unpaired) electrons. The van der Waals surface area contributed by atoms with E-state index in [9.17, 15) is 5.11 Å². The molecule has 1 N–H and O–H groups in total. The van der Waals surface area contributed by atoms with Gasteiger partial charge >= 0.3 is 0 Å². The first-order chi connectivity index (χ1) is 9.31. The van der Waals surface area contributed by atoms with Crippen LogP contribution in [0.2, 0.25) is 0 Å². The van der Waals surface area contributed by atoms with Gasteiger partial charge in [-0.1, -0.05) is 6.07 Å². The number of rotatable bonds is 3. The summed E-state index contributed by atoms with van der Waals surface area (Å²) in [5, 5.41) is 10.6. The van der Waals surface area contributed by atoms with Gasteiger partial charge in [-0.3, -0.25) is 9.97 Å². The fraction of sp³-hybridized carbons (Fsp3) is 0.333. The predicted octanol–water partition coefficient (Wildman–Crippen LogP) is 2.25. The van der Waals surface area contributed by atoms with Gasteiger partial charge in [0, 0.05) is 29.6 Å². The topological polar surface area (TPSA) is 55.2 Å². The van der Waals surface area contributed by atoms with Crippen molar-refractivity contribution in [3.8, 4) is 5.75 Å². The van der Waals surface area contributed by atoms with Gasteiger partial charge in [0.05, 0.1) is 19.4 Å². The van der Waals surface area contributed by atoms with Gasteiger partial charge in [0.25, 0.3) is 0 Å². The van der Waals surface area contributed by atoms with Crippen LogP contribution in [0.15, 0.2) is 36.8 Å². The Kier molecular flexibility index (Phi) is 3.17. The van der Waals surface area contributed by atoms with Gasteiger partial charge in [0.2, 0.25) is 0 Å². The minimum Gasteiger partial charge on any atom is -0.495 e. The van der Waals surface area contributed by atoms with Crippen molar-refractivity contribution in [2.24, 2.45) is 0 Å². The van der Waals surface area contributed by atoms with Gasteiger partial charge in [0.1, 0.15) is 5.75 Å². The molecule has 0 aromatic carbocycles. The van der Waals surface area contributed by atoms with E-state index in [2.05, 4.69) is 16.0 Å². The van der Waals surface area contributed by atoms with E-state index in [-0.39, 0.29) is 5.92 Å². The molecule has 0 saturated carbocycles.